The van der Waals surface area contributed by atoms with Crippen molar-refractivity contribution >= 4 is 15.9 Å². The fourth-order valence-corrected chi connectivity index (χ4v) is 2.23. The SMILES string of the molecule is COCCN(CC(Br)C(F)(F)F)C(C)C1CC1. The molecule has 102 valence electrons. The molecule has 0 saturated heterocycles. The number of hydrogen-bond acceptors (Lipinski definition) is 2. The van der Waals surface area contributed by atoms with Gasteiger partial charge in [-0.1, -0.05) is 15.9 Å². The van der Waals surface area contributed by atoms with Crippen LogP contribution < -0.4 is 0 Å². The Morgan fingerprint density at radius 2 is 2.00 bits per heavy atom. The fourth-order valence-electron chi connectivity index (χ4n) is 1.86. The van der Waals surface area contributed by atoms with E-state index in [0.717, 1.165) is 12.8 Å². The smallest absolute Gasteiger partial charge is 0.383 e. The van der Waals surface area contributed by atoms with E-state index in [1.54, 1.807) is 7.11 Å². The van der Waals surface area contributed by atoms with Gasteiger partial charge in [0.2, 0.25) is 0 Å². The van der Waals surface area contributed by atoms with Crippen molar-refractivity contribution in [2.75, 3.05) is 26.8 Å². The Labute approximate surface area is 109 Å². The number of methoxy groups -OCH3 is 1. The maximum absolute atomic E-state index is 12.5. The molecule has 0 heterocycles. The van der Waals surface area contributed by atoms with Crippen molar-refractivity contribution in [2.24, 2.45) is 5.92 Å². The maximum Gasteiger partial charge on any atom is 0.402 e. The van der Waals surface area contributed by atoms with E-state index in [9.17, 15) is 13.2 Å². The van der Waals surface area contributed by atoms with Gasteiger partial charge in [-0.15, -0.1) is 0 Å². The van der Waals surface area contributed by atoms with E-state index >= 15 is 0 Å². The molecule has 2 unspecified atom stereocenters. The van der Waals surface area contributed by atoms with Crippen LogP contribution in [0.2, 0.25) is 0 Å². The second kappa shape index (κ2) is 6.38. The lowest BCUT2D eigenvalue weighted by Gasteiger charge is -2.31. The molecule has 0 spiro atoms. The van der Waals surface area contributed by atoms with Crippen LogP contribution in [0.3, 0.4) is 0 Å². The Bertz CT molecular complexity index is 233. The molecular formula is C11H19BrF3NO. The van der Waals surface area contributed by atoms with E-state index in [0.29, 0.717) is 19.1 Å². The van der Waals surface area contributed by atoms with Gasteiger partial charge in [0.25, 0.3) is 0 Å². The minimum atomic E-state index is -4.19. The number of halogens is 4. The van der Waals surface area contributed by atoms with Gasteiger partial charge in [0.1, 0.15) is 4.83 Å². The first kappa shape index (κ1) is 15.2. The predicted molar refractivity (Wildman–Crippen MR) is 64.4 cm³/mol. The molecule has 6 heteroatoms. The van der Waals surface area contributed by atoms with Gasteiger partial charge >= 0.3 is 6.18 Å². The van der Waals surface area contributed by atoms with Gasteiger partial charge in [-0.05, 0) is 25.7 Å². The monoisotopic (exact) mass is 317 g/mol. The van der Waals surface area contributed by atoms with Crippen molar-refractivity contribution in [3.63, 3.8) is 0 Å². The van der Waals surface area contributed by atoms with Crippen LogP contribution in [-0.2, 0) is 4.74 Å². The van der Waals surface area contributed by atoms with Crippen molar-refractivity contribution in [1.29, 1.82) is 0 Å². The predicted octanol–water partition coefficient (Wildman–Crippen LogP) is 3.06. The van der Waals surface area contributed by atoms with Crippen LogP contribution in [0.5, 0.6) is 0 Å². The Hall–Kier alpha value is 0.190. The zero-order chi connectivity index (χ0) is 13.1. The normalized spacial score (nSPS) is 20.6. The third-order valence-corrected chi connectivity index (χ3v) is 4.02. The first-order valence-corrected chi connectivity index (χ1v) is 6.71. The second-order valence-electron chi connectivity index (χ2n) is 4.57. The molecule has 2 atom stereocenters. The van der Waals surface area contributed by atoms with Crippen LogP contribution >= 0.6 is 15.9 Å². The highest BCUT2D eigenvalue weighted by molar-refractivity contribution is 9.09. The number of rotatable bonds is 7. The molecule has 0 aromatic carbocycles. The second-order valence-corrected chi connectivity index (χ2v) is 5.68. The summed E-state index contributed by atoms with van der Waals surface area (Å²) >= 11 is 2.72. The van der Waals surface area contributed by atoms with Crippen LogP contribution in [0, 0.1) is 5.92 Å². The molecule has 0 amide bonds. The molecule has 0 aliphatic heterocycles. The Kier molecular flexibility index (Phi) is 5.73. The lowest BCUT2D eigenvalue weighted by Crippen LogP contribution is -2.44. The van der Waals surface area contributed by atoms with E-state index < -0.39 is 11.0 Å². The summed E-state index contributed by atoms with van der Waals surface area (Å²) in [5, 5.41) is 0. The number of hydrogen-bond donors (Lipinski definition) is 0. The highest BCUT2D eigenvalue weighted by atomic mass is 79.9. The molecule has 1 rings (SSSR count). The Morgan fingerprint density at radius 1 is 1.41 bits per heavy atom. The summed E-state index contributed by atoms with van der Waals surface area (Å²) in [6.45, 7) is 3.01. The molecule has 17 heavy (non-hydrogen) atoms. The zero-order valence-electron chi connectivity index (χ0n) is 10.1. The van der Waals surface area contributed by atoms with Crippen LogP contribution in [0.1, 0.15) is 19.8 Å². The summed E-state index contributed by atoms with van der Waals surface area (Å²) < 4.78 is 42.5. The van der Waals surface area contributed by atoms with Gasteiger partial charge in [-0.3, -0.25) is 4.90 Å². The number of ether oxygens (including phenoxy) is 1. The van der Waals surface area contributed by atoms with Gasteiger partial charge in [0.15, 0.2) is 0 Å². The van der Waals surface area contributed by atoms with Gasteiger partial charge in [0, 0.05) is 26.2 Å². The van der Waals surface area contributed by atoms with Gasteiger partial charge in [-0.25, -0.2) is 0 Å². The minimum absolute atomic E-state index is 0.00940. The standard InChI is InChI=1S/C11H19BrF3NO/c1-8(9-3-4-9)16(5-6-17-2)7-10(12)11(13,14)15/h8-10H,3-7H2,1-2H3. The third-order valence-electron chi connectivity index (χ3n) is 3.21. The molecule has 0 radical (unpaired) electrons. The summed E-state index contributed by atoms with van der Waals surface area (Å²) in [6.07, 6.45) is -1.93. The molecule has 1 fully saturated rings. The zero-order valence-corrected chi connectivity index (χ0v) is 11.7. The molecule has 0 aromatic rings. The van der Waals surface area contributed by atoms with Crippen molar-refractivity contribution in [2.45, 2.75) is 36.8 Å². The Morgan fingerprint density at radius 3 is 2.41 bits per heavy atom. The molecule has 1 aliphatic carbocycles. The van der Waals surface area contributed by atoms with Gasteiger partial charge < -0.3 is 4.74 Å². The Balaban J connectivity index is 2.50. The van der Waals surface area contributed by atoms with Crippen molar-refractivity contribution < 1.29 is 17.9 Å². The summed E-state index contributed by atoms with van der Waals surface area (Å²) in [5.74, 6) is 0.555. The van der Waals surface area contributed by atoms with E-state index in [4.69, 9.17) is 4.74 Å². The summed E-state index contributed by atoms with van der Waals surface area (Å²) in [4.78, 5) is 0.404. The largest absolute Gasteiger partial charge is 0.402 e. The lowest BCUT2D eigenvalue weighted by molar-refractivity contribution is -0.132. The third kappa shape index (κ3) is 5.14. The first-order chi connectivity index (χ1) is 7.86. The number of alkyl halides is 4. The highest BCUT2D eigenvalue weighted by Crippen LogP contribution is 2.36. The quantitative estimate of drug-likeness (QED) is 0.669. The van der Waals surface area contributed by atoms with Crippen LogP contribution in [0.25, 0.3) is 0 Å². The summed E-state index contributed by atoms with van der Waals surface area (Å²) in [7, 11) is 1.56. The minimum Gasteiger partial charge on any atom is -0.383 e. The van der Waals surface area contributed by atoms with E-state index in [-0.39, 0.29) is 12.6 Å². The highest BCUT2D eigenvalue weighted by Gasteiger charge is 2.41. The van der Waals surface area contributed by atoms with Crippen molar-refractivity contribution in [1.82, 2.24) is 4.90 Å². The topological polar surface area (TPSA) is 12.5 Å². The van der Waals surface area contributed by atoms with Crippen molar-refractivity contribution in [3.05, 3.63) is 0 Å². The van der Waals surface area contributed by atoms with E-state index in [1.165, 1.54) is 0 Å². The fraction of sp³-hybridized carbons (Fsp3) is 1.00. The molecule has 0 aromatic heterocycles. The number of nitrogens with zero attached hydrogens (tertiary/aromatic N) is 1. The van der Waals surface area contributed by atoms with Crippen LogP contribution in [-0.4, -0.2) is 48.8 Å². The van der Waals surface area contributed by atoms with Crippen molar-refractivity contribution in [3.8, 4) is 0 Å². The van der Waals surface area contributed by atoms with Crippen LogP contribution in [0.15, 0.2) is 0 Å². The maximum atomic E-state index is 12.5. The van der Waals surface area contributed by atoms with E-state index in [1.807, 2.05) is 11.8 Å². The molecule has 1 saturated carbocycles. The van der Waals surface area contributed by atoms with E-state index in [2.05, 4.69) is 15.9 Å². The average Bonchev–Trinajstić information content (AvgIpc) is 3.05. The molecule has 0 bridgehead atoms. The average molecular weight is 318 g/mol. The summed E-state index contributed by atoms with van der Waals surface area (Å²) in [5.41, 5.74) is 0. The van der Waals surface area contributed by atoms with Gasteiger partial charge in [0.05, 0.1) is 6.61 Å². The van der Waals surface area contributed by atoms with Gasteiger partial charge in [-0.2, -0.15) is 13.2 Å². The molecule has 0 N–H and O–H groups in total. The molecule has 2 nitrogen and oxygen atoms in total. The lowest BCUT2D eigenvalue weighted by atomic mass is 10.1. The molecule has 1 aliphatic rings. The molecular weight excluding hydrogens is 299 g/mol. The summed E-state index contributed by atoms with van der Waals surface area (Å²) in [6, 6.07) is 0.201. The first-order valence-electron chi connectivity index (χ1n) is 5.80. The van der Waals surface area contributed by atoms with Crippen LogP contribution in [0.4, 0.5) is 13.2 Å².